The summed E-state index contributed by atoms with van der Waals surface area (Å²) in [6.45, 7) is 5.19. The van der Waals surface area contributed by atoms with Gasteiger partial charge in [0, 0.05) is 19.6 Å². The molecule has 0 aromatic carbocycles. The first kappa shape index (κ1) is 15.0. The van der Waals surface area contributed by atoms with Gasteiger partial charge in [0.2, 0.25) is 11.8 Å². The molecule has 1 rings (SSSR count). The molecule has 1 aliphatic heterocycles. The second kappa shape index (κ2) is 6.73. The molecule has 0 radical (unpaired) electrons. The predicted molar refractivity (Wildman–Crippen MR) is 71.2 cm³/mol. The Labute approximate surface area is 110 Å². The summed E-state index contributed by atoms with van der Waals surface area (Å²) >= 11 is 0. The van der Waals surface area contributed by atoms with Crippen molar-refractivity contribution in [3.8, 4) is 0 Å². The average molecular weight is 255 g/mol. The normalized spacial score (nSPS) is 20.3. The lowest BCUT2D eigenvalue weighted by Gasteiger charge is -2.35. The van der Waals surface area contributed by atoms with Crippen LogP contribution >= 0.6 is 0 Å². The summed E-state index contributed by atoms with van der Waals surface area (Å²) in [5, 5.41) is 2.65. The molecule has 1 saturated heterocycles. The van der Waals surface area contributed by atoms with E-state index in [9.17, 15) is 9.59 Å². The van der Waals surface area contributed by atoms with Crippen molar-refractivity contribution in [1.82, 2.24) is 15.1 Å². The van der Waals surface area contributed by atoms with Gasteiger partial charge in [0.1, 0.15) is 6.04 Å². The number of carbonyl (C=O) groups is 2. The third-order valence-corrected chi connectivity index (χ3v) is 3.64. The summed E-state index contributed by atoms with van der Waals surface area (Å²) in [5.74, 6) is 0.00903. The van der Waals surface area contributed by atoms with Crippen LogP contribution in [0.1, 0.15) is 33.1 Å². The van der Waals surface area contributed by atoms with Crippen molar-refractivity contribution < 1.29 is 9.59 Å². The van der Waals surface area contributed by atoms with Gasteiger partial charge in [0.25, 0.3) is 0 Å². The molecule has 2 amide bonds. The largest absolute Gasteiger partial charge is 0.357 e. The Bertz CT molecular complexity index is 305. The lowest BCUT2D eigenvalue weighted by Crippen LogP contribution is -2.53. The van der Waals surface area contributed by atoms with E-state index in [1.165, 1.54) is 0 Å². The number of likely N-dealkylation sites (N-methyl/N-ethyl adjacent to an activating group) is 2. The monoisotopic (exact) mass is 255 g/mol. The van der Waals surface area contributed by atoms with Crippen LogP contribution in [0.15, 0.2) is 0 Å². The van der Waals surface area contributed by atoms with Crippen molar-refractivity contribution in [2.24, 2.45) is 0 Å². The van der Waals surface area contributed by atoms with Crippen molar-refractivity contribution in [2.45, 2.75) is 45.2 Å². The zero-order valence-electron chi connectivity index (χ0n) is 11.9. The van der Waals surface area contributed by atoms with E-state index >= 15 is 0 Å². The first-order valence-corrected chi connectivity index (χ1v) is 6.68. The molecule has 5 heteroatoms. The summed E-state index contributed by atoms with van der Waals surface area (Å²) < 4.78 is 0. The first-order chi connectivity index (χ1) is 8.47. The zero-order valence-corrected chi connectivity index (χ0v) is 11.9. The van der Waals surface area contributed by atoms with E-state index in [2.05, 4.69) is 19.2 Å². The van der Waals surface area contributed by atoms with Crippen LogP contribution in [-0.4, -0.2) is 60.9 Å². The summed E-state index contributed by atoms with van der Waals surface area (Å²) in [5.41, 5.74) is 0. The fraction of sp³-hybridized carbons (Fsp3) is 0.846. The van der Waals surface area contributed by atoms with Crippen LogP contribution in [0.3, 0.4) is 0 Å². The number of likely N-dealkylation sites (tertiary alicyclic amines) is 1. The highest BCUT2D eigenvalue weighted by atomic mass is 16.2. The Hall–Kier alpha value is -1.10. The smallest absolute Gasteiger partial charge is 0.242 e. The maximum Gasteiger partial charge on any atom is 0.242 e. The third-order valence-electron chi connectivity index (χ3n) is 3.64. The summed E-state index contributed by atoms with van der Waals surface area (Å²) in [6, 6.07) is 0.0500. The highest BCUT2D eigenvalue weighted by molar-refractivity contribution is 5.88. The average Bonchev–Trinajstić information content (AvgIpc) is 2.37. The molecule has 18 heavy (non-hydrogen) atoms. The number of carbonyl (C=O) groups excluding carboxylic acids is 2. The molecule has 0 spiro atoms. The predicted octanol–water partition coefficient (Wildman–Crippen LogP) is 0.454. The minimum Gasteiger partial charge on any atom is -0.357 e. The summed E-state index contributed by atoms with van der Waals surface area (Å²) in [7, 11) is 3.56. The molecule has 5 nitrogen and oxygen atoms in total. The fourth-order valence-electron chi connectivity index (χ4n) is 2.16. The molecule has 0 aromatic rings. The number of nitrogens with zero attached hydrogens (tertiary/aromatic N) is 2. The molecular formula is C13H25N3O2. The van der Waals surface area contributed by atoms with Gasteiger partial charge < -0.3 is 10.2 Å². The Morgan fingerprint density at radius 1 is 1.39 bits per heavy atom. The van der Waals surface area contributed by atoms with E-state index in [-0.39, 0.29) is 17.9 Å². The molecule has 1 fully saturated rings. The van der Waals surface area contributed by atoms with E-state index in [1.54, 1.807) is 11.9 Å². The van der Waals surface area contributed by atoms with Crippen molar-refractivity contribution in [2.75, 3.05) is 27.2 Å². The first-order valence-electron chi connectivity index (χ1n) is 6.68. The molecule has 1 heterocycles. The molecule has 0 bridgehead atoms. The number of nitrogens with one attached hydrogen (secondary N) is 1. The molecule has 0 aromatic heterocycles. The summed E-state index contributed by atoms with van der Waals surface area (Å²) in [4.78, 5) is 27.8. The van der Waals surface area contributed by atoms with Gasteiger partial charge in [-0.25, -0.2) is 0 Å². The number of amides is 2. The van der Waals surface area contributed by atoms with Crippen LogP contribution in [0.2, 0.25) is 0 Å². The van der Waals surface area contributed by atoms with Crippen LogP contribution in [0.4, 0.5) is 0 Å². The number of rotatable bonds is 4. The van der Waals surface area contributed by atoms with Crippen LogP contribution < -0.4 is 5.32 Å². The van der Waals surface area contributed by atoms with Crippen LogP contribution in [0.25, 0.3) is 0 Å². The van der Waals surface area contributed by atoms with Crippen LogP contribution in [-0.2, 0) is 9.59 Å². The maximum atomic E-state index is 12.2. The minimum absolute atomic E-state index is 0.0461. The fourth-order valence-corrected chi connectivity index (χ4v) is 2.16. The molecule has 0 saturated carbocycles. The van der Waals surface area contributed by atoms with Crippen molar-refractivity contribution in [1.29, 1.82) is 0 Å². The third kappa shape index (κ3) is 3.70. The lowest BCUT2D eigenvalue weighted by molar-refractivity contribution is -0.143. The second-order valence-corrected chi connectivity index (χ2v) is 5.22. The Morgan fingerprint density at radius 3 is 2.61 bits per heavy atom. The second-order valence-electron chi connectivity index (χ2n) is 5.22. The van der Waals surface area contributed by atoms with Crippen molar-refractivity contribution in [3.05, 3.63) is 0 Å². The van der Waals surface area contributed by atoms with Gasteiger partial charge in [0.05, 0.1) is 6.54 Å². The van der Waals surface area contributed by atoms with Gasteiger partial charge in [0.15, 0.2) is 0 Å². The summed E-state index contributed by atoms with van der Waals surface area (Å²) in [6.07, 6.45) is 2.78. The van der Waals surface area contributed by atoms with Gasteiger partial charge >= 0.3 is 0 Å². The van der Waals surface area contributed by atoms with Crippen LogP contribution in [0, 0.1) is 0 Å². The minimum atomic E-state index is -0.281. The molecule has 0 aliphatic carbocycles. The van der Waals surface area contributed by atoms with E-state index in [1.807, 2.05) is 11.9 Å². The van der Waals surface area contributed by atoms with E-state index < -0.39 is 0 Å². The van der Waals surface area contributed by atoms with Gasteiger partial charge in [-0.2, -0.15) is 0 Å². The highest BCUT2D eigenvalue weighted by Crippen LogP contribution is 2.17. The number of hydrogen-bond donors (Lipinski definition) is 1. The maximum absolute atomic E-state index is 12.2. The van der Waals surface area contributed by atoms with Gasteiger partial charge in [-0.15, -0.1) is 0 Å². The number of piperidine rings is 1. The zero-order chi connectivity index (χ0) is 13.7. The lowest BCUT2D eigenvalue weighted by atomic mass is 10.0. The van der Waals surface area contributed by atoms with E-state index in [0.717, 1.165) is 19.3 Å². The van der Waals surface area contributed by atoms with Crippen molar-refractivity contribution >= 4 is 11.8 Å². The Morgan fingerprint density at radius 2 is 2.06 bits per heavy atom. The van der Waals surface area contributed by atoms with Gasteiger partial charge in [-0.1, -0.05) is 0 Å². The molecule has 1 N–H and O–H groups in total. The topological polar surface area (TPSA) is 52.7 Å². The van der Waals surface area contributed by atoms with Gasteiger partial charge in [-0.05, 0) is 40.2 Å². The molecule has 1 unspecified atom stereocenters. The Kier molecular flexibility index (Phi) is 5.59. The molecule has 104 valence electrons. The quantitative estimate of drug-likeness (QED) is 0.794. The molecule has 1 atom stereocenters. The molecule has 1 aliphatic rings. The van der Waals surface area contributed by atoms with E-state index in [0.29, 0.717) is 19.1 Å². The van der Waals surface area contributed by atoms with Crippen molar-refractivity contribution in [3.63, 3.8) is 0 Å². The Balaban J connectivity index is 2.65. The van der Waals surface area contributed by atoms with E-state index in [4.69, 9.17) is 0 Å². The molecular weight excluding hydrogens is 230 g/mol. The number of hydrogen-bond acceptors (Lipinski definition) is 3. The SMILES string of the molecule is CNC(=O)C1CCCCN1C(=O)CN(C)C(C)C. The highest BCUT2D eigenvalue weighted by Gasteiger charge is 2.31. The van der Waals surface area contributed by atoms with Crippen LogP contribution in [0.5, 0.6) is 0 Å². The van der Waals surface area contributed by atoms with Gasteiger partial charge in [-0.3, -0.25) is 14.5 Å². The standard InChI is InChI=1S/C13H25N3O2/c1-10(2)15(4)9-12(17)16-8-6-5-7-11(16)13(18)14-3/h10-11H,5-9H2,1-4H3,(H,14,18).